The molecular weight excluding hydrogens is 200 g/mol. The molecule has 0 bridgehead atoms. The molecule has 2 aliphatic carbocycles. The third-order valence-electron chi connectivity index (χ3n) is 4.79. The second-order valence-corrected chi connectivity index (χ2v) is 6.04. The maximum Gasteiger partial charge on any atom is 0.244 e. The van der Waals surface area contributed by atoms with Crippen molar-refractivity contribution in [2.75, 3.05) is 6.54 Å². The Labute approximate surface area is 97.6 Å². The molecule has 3 rings (SSSR count). The quantitative estimate of drug-likeness (QED) is 0.771. The van der Waals surface area contributed by atoms with Gasteiger partial charge in [-0.25, -0.2) is 0 Å². The summed E-state index contributed by atoms with van der Waals surface area (Å²) in [5.41, 5.74) is -0.169. The summed E-state index contributed by atoms with van der Waals surface area (Å²) in [6.07, 6.45) is 6.07. The van der Waals surface area contributed by atoms with Crippen LogP contribution >= 0.6 is 0 Å². The van der Waals surface area contributed by atoms with Gasteiger partial charge < -0.3 is 4.90 Å². The van der Waals surface area contributed by atoms with E-state index in [1.54, 1.807) is 0 Å². The second-order valence-electron chi connectivity index (χ2n) is 6.04. The first-order valence-corrected chi connectivity index (χ1v) is 6.71. The predicted octanol–water partition coefficient (Wildman–Crippen LogP) is 1.73. The Hall–Kier alpha value is -0.570. The van der Waals surface area contributed by atoms with Gasteiger partial charge in [0.25, 0.3) is 0 Å². The lowest BCUT2D eigenvalue weighted by Crippen LogP contribution is -2.44. The molecule has 3 aliphatic rings. The van der Waals surface area contributed by atoms with Crippen molar-refractivity contribution in [3.05, 3.63) is 0 Å². The maximum absolute atomic E-state index is 12.5. The fraction of sp³-hybridized carbons (Fsp3) is 0.923. The molecule has 16 heavy (non-hydrogen) atoms. The minimum absolute atomic E-state index is 0.169. The Kier molecular flexibility index (Phi) is 2.29. The Morgan fingerprint density at radius 3 is 2.56 bits per heavy atom. The van der Waals surface area contributed by atoms with Crippen molar-refractivity contribution >= 4 is 5.91 Å². The van der Waals surface area contributed by atoms with Crippen LogP contribution in [0, 0.1) is 11.8 Å². The van der Waals surface area contributed by atoms with Crippen molar-refractivity contribution in [2.45, 2.75) is 57.7 Å². The van der Waals surface area contributed by atoms with Crippen LogP contribution < -0.4 is 5.32 Å². The minimum Gasteiger partial charge on any atom is -0.326 e. The lowest BCUT2D eigenvalue weighted by molar-refractivity contribution is -0.133. The molecular formula is C13H22N2O. The van der Waals surface area contributed by atoms with E-state index in [0.29, 0.717) is 5.91 Å². The normalized spacial score (nSPS) is 41.0. The summed E-state index contributed by atoms with van der Waals surface area (Å²) in [5, 5.41) is 3.55. The van der Waals surface area contributed by atoms with Crippen LogP contribution in [0.4, 0.5) is 0 Å². The van der Waals surface area contributed by atoms with Crippen LogP contribution in [0.1, 0.15) is 46.0 Å². The van der Waals surface area contributed by atoms with E-state index in [9.17, 15) is 4.79 Å². The van der Waals surface area contributed by atoms with Gasteiger partial charge in [-0.05, 0) is 38.0 Å². The van der Waals surface area contributed by atoms with E-state index in [-0.39, 0.29) is 11.7 Å². The highest BCUT2D eigenvalue weighted by atomic mass is 16.2. The summed E-state index contributed by atoms with van der Waals surface area (Å²) in [7, 11) is 0. The Balaban J connectivity index is 1.72. The minimum atomic E-state index is -0.169. The van der Waals surface area contributed by atoms with Gasteiger partial charge in [-0.15, -0.1) is 0 Å². The number of rotatable bonds is 2. The van der Waals surface area contributed by atoms with Gasteiger partial charge in [0.1, 0.15) is 0 Å². The molecule has 3 fully saturated rings. The molecule has 3 heteroatoms. The highest BCUT2D eigenvalue weighted by molar-refractivity contribution is 5.89. The molecule has 0 aromatic heterocycles. The number of amides is 1. The van der Waals surface area contributed by atoms with E-state index < -0.39 is 0 Å². The first-order valence-electron chi connectivity index (χ1n) is 6.71. The van der Waals surface area contributed by atoms with E-state index in [1.165, 1.54) is 19.3 Å². The number of nitrogens with zero attached hydrogens (tertiary/aromatic N) is 1. The van der Waals surface area contributed by atoms with Crippen LogP contribution in [0.2, 0.25) is 0 Å². The summed E-state index contributed by atoms with van der Waals surface area (Å²) >= 11 is 0. The molecule has 1 N–H and O–H groups in total. The highest BCUT2D eigenvalue weighted by Crippen LogP contribution is 2.42. The van der Waals surface area contributed by atoms with Crippen LogP contribution in [0.15, 0.2) is 0 Å². The number of nitrogens with one attached hydrogen (secondary N) is 1. The second kappa shape index (κ2) is 3.46. The summed E-state index contributed by atoms with van der Waals surface area (Å²) in [4.78, 5) is 14.6. The van der Waals surface area contributed by atoms with Crippen molar-refractivity contribution in [1.29, 1.82) is 0 Å². The van der Waals surface area contributed by atoms with Gasteiger partial charge in [0.05, 0.1) is 11.7 Å². The van der Waals surface area contributed by atoms with E-state index >= 15 is 0 Å². The average Bonchev–Trinajstić information content (AvgIpc) is 2.69. The monoisotopic (exact) mass is 222 g/mol. The molecule has 1 aliphatic heterocycles. The topological polar surface area (TPSA) is 32.3 Å². The average molecular weight is 222 g/mol. The van der Waals surface area contributed by atoms with Gasteiger partial charge >= 0.3 is 0 Å². The van der Waals surface area contributed by atoms with Gasteiger partial charge in [0, 0.05) is 6.54 Å². The Morgan fingerprint density at radius 1 is 1.38 bits per heavy atom. The van der Waals surface area contributed by atoms with Gasteiger partial charge in [-0.1, -0.05) is 19.8 Å². The standard InChI is InChI=1S/C13H22N2O/c1-9-7-11(9)8-15-10(2)14-13(12(15)16)5-3-4-6-13/h9-11,14H,3-8H2,1-2H3. The van der Waals surface area contributed by atoms with Crippen LogP contribution in [0.5, 0.6) is 0 Å². The Bertz CT molecular complexity index is 309. The zero-order valence-electron chi connectivity index (χ0n) is 10.3. The van der Waals surface area contributed by atoms with E-state index in [0.717, 1.165) is 31.2 Å². The predicted molar refractivity (Wildman–Crippen MR) is 62.8 cm³/mol. The fourth-order valence-electron chi connectivity index (χ4n) is 3.47. The molecule has 90 valence electrons. The van der Waals surface area contributed by atoms with Gasteiger partial charge in [0.2, 0.25) is 5.91 Å². The highest BCUT2D eigenvalue weighted by Gasteiger charge is 2.52. The van der Waals surface area contributed by atoms with Gasteiger partial charge in [-0.2, -0.15) is 0 Å². The largest absolute Gasteiger partial charge is 0.326 e. The van der Waals surface area contributed by atoms with E-state index in [4.69, 9.17) is 0 Å². The van der Waals surface area contributed by atoms with Crippen molar-refractivity contribution in [3.8, 4) is 0 Å². The third-order valence-corrected chi connectivity index (χ3v) is 4.79. The third kappa shape index (κ3) is 1.48. The molecule has 1 heterocycles. The van der Waals surface area contributed by atoms with Crippen molar-refractivity contribution in [3.63, 3.8) is 0 Å². The van der Waals surface area contributed by atoms with Crippen LogP contribution in [-0.4, -0.2) is 29.1 Å². The van der Waals surface area contributed by atoms with Gasteiger partial charge in [0.15, 0.2) is 0 Å². The molecule has 3 unspecified atom stereocenters. The van der Waals surface area contributed by atoms with Crippen molar-refractivity contribution in [2.24, 2.45) is 11.8 Å². The van der Waals surface area contributed by atoms with Crippen LogP contribution in [-0.2, 0) is 4.79 Å². The molecule has 3 nitrogen and oxygen atoms in total. The molecule has 1 amide bonds. The summed E-state index contributed by atoms with van der Waals surface area (Å²) in [6, 6.07) is 0. The van der Waals surface area contributed by atoms with E-state index in [2.05, 4.69) is 24.1 Å². The zero-order valence-corrected chi connectivity index (χ0v) is 10.3. The van der Waals surface area contributed by atoms with Gasteiger partial charge in [-0.3, -0.25) is 10.1 Å². The number of hydrogen-bond donors (Lipinski definition) is 1. The molecule has 1 saturated heterocycles. The summed E-state index contributed by atoms with van der Waals surface area (Å²) < 4.78 is 0. The SMILES string of the molecule is CC1CC1CN1C(=O)C2(CCCC2)NC1C. The molecule has 2 saturated carbocycles. The number of carbonyl (C=O) groups is 1. The number of carbonyl (C=O) groups excluding carboxylic acids is 1. The summed E-state index contributed by atoms with van der Waals surface area (Å²) in [5.74, 6) is 1.99. The lowest BCUT2D eigenvalue weighted by atomic mass is 9.98. The molecule has 0 aromatic rings. The van der Waals surface area contributed by atoms with Crippen LogP contribution in [0.25, 0.3) is 0 Å². The first-order chi connectivity index (χ1) is 7.62. The summed E-state index contributed by atoms with van der Waals surface area (Å²) in [6.45, 7) is 5.41. The lowest BCUT2D eigenvalue weighted by Gasteiger charge is -2.22. The van der Waals surface area contributed by atoms with Crippen molar-refractivity contribution in [1.82, 2.24) is 10.2 Å². The van der Waals surface area contributed by atoms with E-state index in [1.807, 2.05) is 0 Å². The first kappa shape index (κ1) is 10.6. The zero-order chi connectivity index (χ0) is 11.3. The fourth-order valence-corrected chi connectivity index (χ4v) is 3.47. The van der Waals surface area contributed by atoms with Crippen LogP contribution in [0.3, 0.4) is 0 Å². The molecule has 0 aromatic carbocycles. The Morgan fingerprint density at radius 2 is 2.00 bits per heavy atom. The molecule has 1 spiro atoms. The molecule has 3 atom stereocenters. The molecule has 0 radical (unpaired) electrons. The number of hydrogen-bond acceptors (Lipinski definition) is 2. The van der Waals surface area contributed by atoms with Crippen molar-refractivity contribution < 1.29 is 4.79 Å². The smallest absolute Gasteiger partial charge is 0.244 e. The maximum atomic E-state index is 12.5.